The zero-order valence-electron chi connectivity index (χ0n) is 17.3. The topological polar surface area (TPSA) is 84.9 Å². The molecule has 0 saturated heterocycles. The third-order valence-electron chi connectivity index (χ3n) is 4.69. The molecule has 4 aromatic rings. The minimum absolute atomic E-state index is 0.245. The number of anilines is 1. The summed E-state index contributed by atoms with van der Waals surface area (Å²) in [4.78, 5) is 26.6. The number of hydrogen-bond donors (Lipinski definition) is 1. The molecule has 32 heavy (non-hydrogen) atoms. The van der Waals surface area contributed by atoms with Crippen molar-refractivity contribution in [1.82, 2.24) is 5.32 Å². The Morgan fingerprint density at radius 3 is 2.09 bits per heavy atom. The van der Waals surface area contributed by atoms with Crippen LogP contribution >= 0.6 is 0 Å². The number of hydrogen-bond acceptors (Lipinski definition) is 5. The molecule has 162 valence electrons. The highest BCUT2D eigenvalue weighted by molar-refractivity contribution is 6.04. The standard InChI is InChI=1S/C25H22N2O5/c28-24(22-9-4-17-30-22)26-15-6-16-27(25(29)23-10-5-18-31-23)19-11-13-21(14-12-19)32-20-7-2-1-3-8-20/h1-5,7-14,17-18H,6,15-16H2,(H,26,28). The second kappa shape index (κ2) is 10.2. The molecule has 2 amide bonds. The molecule has 2 aromatic heterocycles. The zero-order valence-corrected chi connectivity index (χ0v) is 17.3. The van der Waals surface area contributed by atoms with Gasteiger partial charge in [0.25, 0.3) is 11.8 Å². The van der Waals surface area contributed by atoms with E-state index in [4.69, 9.17) is 13.6 Å². The van der Waals surface area contributed by atoms with E-state index < -0.39 is 0 Å². The van der Waals surface area contributed by atoms with Crippen LogP contribution in [-0.4, -0.2) is 24.9 Å². The predicted octanol–water partition coefficient (Wildman–Crippen LogP) is 5.13. The van der Waals surface area contributed by atoms with Gasteiger partial charge >= 0.3 is 0 Å². The summed E-state index contributed by atoms with van der Waals surface area (Å²) >= 11 is 0. The summed E-state index contributed by atoms with van der Waals surface area (Å²) in [5.74, 6) is 1.34. The predicted molar refractivity (Wildman–Crippen MR) is 119 cm³/mol. The van der Waals surface area contributed by atoms with Crippen LogP contribution in [0.5, 0.6) is 11.5 Å². The van der Waals surface area contributed by atoms with Crippen molar-refractivity contribution in [3.8, 4) is 11.5 Å². The first-order valence-electron chi connectivity index (χ1n) is 10.2. The minimum atomic E-state index is -0.290. The number of rotatable bonds is 9. The van der Waals surface area contributed by atoms with Crippen LogP contribution in [0.3, 0.4) is 0 Å². The van der Waals surface area contributed by atoms with Crippen molar-refractivity contribution in [2.24, 2.45) is 0 Å². The molecule has 7 heteroatoms. The third-order valence-corrected chi connectivity index (χ3v) is 4.69. The molecule has 0 aliphatic rings. The van der Waals surface area contributed by atoms with Gasteiger partial charge in [-0.05, 0) is 67.1 Å². The monoisotopic (exact) mass is 430 g/mol. The third kappa shape index (κ3) is 5.26. The fraction of sp³-hybridized carbons (Fsp3) is 0.120. The molecule has 2 heterocycles. The number of nitrogens with one attached hydrogen (secondary N) is 1. The van der Waals surface area contributed by atoms with Gasteiger partial charge in [0.15, 0.2) is 11.5 Å². The van der Waals surface area contributed by atoms with Crippen LogP contribution in [-0.2, 0) is 0 Å². The molecule has 0 atom stereocenters. The molecule has 0 bridgehead atoms. The van der Waals surface area contributed by atoms with Crippen molar-refractivity contribution in [3.05, 3.63) is 103 Å². The lowest BCUT2D eigenvalue weighted by atomic mass is 10.2. The highest BCUT2D eigenvalue weighted by atomic mass is 16.5. The van der Waals surface area contributed by atoms with Gasteiger partial charge in [-0.3, -0.25) is 9.59 Å². The van der Waals surface area contributed by atoms with Crippen molar-refractivity contribution in [3.63, 3.8) is 0 Å². The average Bonchev–Trinajstić information content (AvgIpc) is 3.55. The summed E-state index contributed by atoms with van der Waals surface area (Å²) in [6, 6.07) is 23.3. The van der Waals surface area contributed by atoms with Crippen LogP contribution in [0.15, 0.2) is 100 Å². The van der Waals surface area contributed by atoms with Gasteiger partial charge in [-0.2, -0.15) is 0 Å². The Bertz CT molecular complexity index is 1120. The van der Waals surface area contributed by atoms with Crippen LogP contribution in [0, 0.1) is 0 Å². The zero-order chi connectivity index (χ0) is 22.2. The fourth-order valence-corrected chi connectivity index (χ4v) is 3.13. The number of benzene rings is 2. The summed E-state index contributed by atoms with van der Waals surface area (Å²) in [5, 5.41) is 2.79. The maximum absolute atomic E-state index is 13.0. The molecule has 1 N–H and O–H groups in total. The Morgan fingerprint density at radius 1 is 0.781 bits per heavy atom. The number of carbonyl (C=O) groups is 2. The van der Waals surface area contributed by atoms with Crippen LogP contribution in [0.1, 0.15) is 27.5 Å². The van der Waals surface area contributed by atoms with Gasteiger partial charge in [0, 0.05) is 18.8 Å². The van der Waals surface area contributed by atoms with E-state index in [9.17, 15) is 9.59 Å². The fourth-order valence-electron chi connectivity index (χ4n) is 3.13. The van der Waals surface area contributed by atoms with E-state index in [2.05, 4.69) is 5.32 Å². The van der Waals surface area contributed by atoms with Gasteiger partial charge in [-0.1, -0.05) is 18.2 Å². The molecule has 0 unspecified atom stereocenters. The molecule has 0 saturated carbocycles. The lowest BCUT2D eigenvalue weighted by Gasteiger charge is -2.22. The molecule has 0 fully saturated rings. The van der Waals surface area contributed by atoms with Crippen molar-refractivity contribution < 1.29 is 23.2 Å². The molecule has 4 rings (SSSR count). The van der Waals surface area contributed by atoms with E-state index in [0.29, 0.717) is 30.9 Å². The molecule has 2 aromatic carbocycles. The van der Waals surface area contributed by atoms with Gasteiger partial charge in [0.05, 0.1) is 12.5 Å². The van der Waals surface area contributed by atoms with Gasteiger partial charge in [-0.25, -0.2) is 0 Å². The van der Waals surface area contributed by atoms with Crippen LogP contribution in [0.2, 0.25) is 0 Å². The number of furan rings is 2. The summed E-state index contributed by atoms with van der Waals surface area (Å²) in [6.07, 6.45) is 3.46. The van der Waals surface area contributed by atoms with Crippen LogP contribution in [0.25, 0.3) is 0 Å². The summed E-state index contributed by atoms with van der Waals surface area (Å²) in [5.41, 5.74) is 0.698. The van der Waals surface area contributed by atoms with E-state index in [-0.39, 0.29) is 23.3 Å². The Labute approximate surface area is 185 Å². The van der Waals surface area contributed by atoms with Crippen molar-refractivity contribution in [1.29, 1.82) is 0 Å². The second-order valence-electron chi connectivity index (χ2n) is 6.93. The summed E-state index contributed by atoms with van der Waals surface area (Å²) in [6.45, 7) is 0.771. The lowest BCUT2D eigenvalue weighted by molar-refractivity contribution is 0.0926. The van der Waals surface area contributed by atoms with Crippen molar-refractivity contribution in [2.45, 2.75) is 6.42 Å². The second-order valence-corrected chi connectivity index (χ2v) is 6.93. The maximum atomic E-state index is 13.0. The SMILES string of the molecule is O=C(NCCCN(C(=O)c1ccco1)c1ccc(Oc2ccccc2)cc1)c1ccco1. The molecular weight excluding hydrogens is 408 g/mol. The van der Waals surface area contributed by atoms with Gasteiger partial charge in [-0.15, -0.1) is 0 Å². The Hall–Kier alpha value is -4.26. The molecule has 0 radical (unpaired) electrons. The first kappa shape index (κ1) is 21.0. The first-order chi connectivity index (χ1) is 15.7. The van der Waals surface area contributed by atoms with E-state index in [1.54, 1.807) is 29.2 Å². The van der Waals surface area contributed by atoms with Crippen molar-refractivity contribution >= 4 is 17.5 Å². The van der Waals surface area contributed by atoms with E-state index in [1.807, 2.05) is 54.6 Å². The molecular formula is C25H22N2O5. The smallest absolute Gasteiger partial charge is 0.293 e. The Balaban J connectivity index is 1.42. The summed E-state index contributed by atoms with van der Waals surface area (Å²) < 4.78 is 16.2. The molecule has 7 nitrogen and oxygen atoms in total. The van der Waals surface area contributed by atoms with Crippen molar-refractivity contribution in [2.75, 3.05) is 18.0 Å². The lowest BCUT2D eigenvalue weighted by Crippen LogP contribution is -2.34. The van der Waals surface area contributed by atoms with E-state index in [1.165, 1.54) is 12.5 Å². The molecule has 0 aliphatic carbocycles. The van der Waals surface area contributed by atoms with Gasteiger partial charge in [0.1, 0.15) is 11.5 Å². The van der Waals surface area contributed by atoms with E-state index in [0.717, 1.165) is 5.75 Å². The highest BCUT2D eigenvalue weighted by Crippen LogP contribution is 2.25. The normalized spacial score (nSPS) is 10.5. The maximum Gasteiger partial charge on any atom is 0.293 e. The van der Waals surface area contributed by atoms with Crippen LogP contribution < -0.4 is 15.0 Å². The highest BCUT2D eigenvalue weighted by Gasteiger charge is 2.20. The largest absolute Gasteiger partial charge is 0.459 e. The van der Waals surface area contributed by atoms with Crippen LogP contribution in [0.4, 0.5) is 5.69 Å². The Kier molecular flexibility index (Phi) is 6.67. The van der Waals surface area contributed by atoms with Gasteiger partial charge < -0.3 is 23.8 Å². The average molecular weight is 430 g/mol. The number of ether oxygens (including phenoxy) is 1. The number of amides is 2. The minimum Gasteiger partial charge on any atom is -0.459 e. The number of nitrogens with zero attached hydrogens (tertiary/aromatic N) is 1. The number of carbonyl (C=O) groups excluding carboxylic acids is 2. The quantitative estimate of drug-likeness (QED) is 0.372. The molecule has 0 aliphatic heterocycles. The van der Waals surface area contributed by atoms with E-state index >= 15 is 0 Å². The number of para-hydroxylation sites is 1. The Morgan fingerprint density at radius 2 is 1.44 bits per heavy atom. The van der Waals surface area contributed by atoms with Gasteiger partial charge in [0.2, 0.25) is 0 Å². The summed E-state index contributed by atoms with van der Waals surface area (Å²) in [7, 11) is 0. The first-order valence-corrected chi connectivity index (χ1v) is 10.2. The molecule has 0 spiro atoms.